The minimum absolute atomic E-state index is 0.132. The summed E-state index contributed by atoms with van der Waals surface area (Å²) in [6, 6.07) is 0.132. The van der Waals surface area contributed by atoms with E-state index in [2.05, 4.69) is 10.0 Å². The molecule has 15 heavy (non-hydrogen) atoms. The van der Waals surface area contributed by atoms with Gasteiger partial charge in [0.25, 0.3) is 0 Å². The van der Waals surface area contributed by atoms with Gasteiger partial charge in [-0.25, -0.2) is 8.42 Å². The van der Waals surface area contributed by atoms with Crippen molar-refractivity contribution in [2.45, 2.75) is 44.4 Å². The number of carbonyl (C=O) groups is 1. The smallest absolute Gasteiger partial charge is 0.237 e. The summed E-state index contributed by atoms with van der Waals surface area (Å²) in [4.78, 5) is 11.4. The average Bonchev–Trinajstić information content (AvgIpc) is 2.54. The summed E-state index contributed by atoms with van der Waals surface area (Å²) in [6.45, 7) is 4.00. The van der Waals surface area contributed by atoms with Crippen LogP contribution in [0.3, 0.4) is 0 Å². The normalized spacial score (nSPS) is 21.9. The van der Waals surface area contributed by atoms with Crippen molar-refractivity contribution in [3.05, 3.63) is 0 Å². The molecule has 1 amide bonds. The van der Waals surface area contributed by atoms with Gasteiger partial charge in [-0.15, -0.1) is 0 Å². The largest absolute Gasteiger partial charge is 0.313 e. The first-order valence-corrected chi connectivity index (χ1v) is 6.74. The van der Waals surface area contributed by atoms with E-state index >= 15 is 0 Å². The maximum absolute atomic E-state index is 11.4. The Balaban J connectivity index is 2.42. The van der Waals surface area contributed by atoms with Gasteiger partial charge in [-0.1, -0.05) is 0 Å². The molecular weight excluding hydrogens is 216 g/mol. The van der Waals surface area contributed by atoms with E-state index in [-0.39, 0.29) is 12.5 Å². The molecule has 6 heteroatoms. The molecule has 0 saturated carbocycles. The molecule has 1 unspecified atom stereocenters. The molecule has 88 valence electrons. The Morgan fingerprint density at radius 2 is 2.20 bits per heavy atom. The SMILES string of the molecule is CC(C)S(=O)(=O)NC(=O)CC1CCCN1. The molecule has 1 aliphatic rings. The minimum atomic E-state index is -3.47. The van der Waals surface area contributed by atoms with Crippen molar-refractivity contribution in [3.63, 3.8) is 0 Å². The highest BCUT2D eigenvalue weighted by atomic mass is 32.2. The van der Waals surface area contributed by atoms with Crippen LogP contribution in [0.4, 0.5) is 0 Å². The number of carbonyl (C=O) groups excluding carboxylic acids is 1. The van der Waals surface area contributed by atoms with Crippen LogP contribution in [-0.2, 0) is 14.8 Å². The first kappa shape index (κ1) is 12.4. The molecule has 0 radical (unpaired) electrons. The van der Waals surface area contributed by atoms with E-state index in [4.69, 9.17) is 0 Å². The Morgan fingerprint density at radius 1 is 1.53 bits per heavy atom. The molecule has 0 aromatic carbocycles. The zero-order chi connectivity index (χ0) is 11.5. The molecule has 1 heterocycles. The standard InChI is InChI=1S/C9H18N2O3S/c1-7(2)15(13,14)11-9(12)6-8-4-3-5-10-8/h7-8,10H,3-6H2,1-2H3,(H,11,12). The van der Waals surface area contributed by atoms with E-state index in [9.17, 15) is 13.2 Å². The van der Waals surface area contributed by atoms with Crippen LogP contribution < -0.4 is 10.0 Å². The third-order valence-electron chi connectivity index (χ3n) is 2.47. The van der Waals surface area contributed by atoms with Gasteiger partial charge in [0.05, 0.1) is 5.25 Å². The van der Waals surface area contributed by atoms with E-state index in [1.807, 2.05) is 0 Å². The highest BCUT2D eigenvalue weighted by molar-refractivity contribution is 7.90. The number of nitrogens with one attached hydrogen (secondary N) is 2. The first-order valence-electron chi connectivity index (χ1n) is 5.19. The summed E-state index contributed by atoms with van der Waals surface area (Å²) in [7, 11) is -3.47. The van der Waals surface area contributed by atoms with Gasteiger partial charge in [0.1, 0.15) is 0 Å². The molecule has 1 atom stereocenters. The lowest BCUT2D eigenvalue weighted by atomic mass is 10.1. The monoisotopic (exact) mass is 234 g/mol. The number of amides is 1. The average molecular weight is 234 g/mol. The molecule has 0 aromatic heterocycles. The van der Waals surface area contributed by atoms with Crippen LogP contribution in [0.5, 0.6) is 0 Å². The molecule has 1 aliphatic heterocycles. The van der Waals surface area contributed by atoms with Gasteiger partial charge < -0.3 is 5.32 Å². The lowest BCUT2D eigenvalue weighted by molar-refractivity contribution is -0.119. The number of hydrogen-bond donors (Lipinski definition) is 2. The second-order valence-electron chi connectivity index (χ2n) is 4.12. The summed E-state index contributed by atoms with van der Waals surface area (Å²) in [5, 5.41) is 2.58. The van der Waals surface area contributed by atoms with Crippen LogP contribution in [0.25, 0.3) is 0 Å². The van der Waals surface area contributed by atoms with E-state index < -0.39 is 21.2 Å². The van der Waals surface area contributed by atoms with Crippen LogP contribution in [0.2, 0.25) is 0 Å². The Kier molecular flexibility index (Phi) is 4.10. The summed E-state index contributed by atoms with van der Waals surface area (Å²) in [5.41, 5.74) is 0. The van der Waals surface area contributed by atoms with Gasteiger partial charge >= 0.3 is 0 Å². The van der Waals surface area contributed by atoms with Crippen LogP contribution >= 0.6 is 0 Å². The van der Waals surface area contributed by atoms with Crippen molar-refractivity contribution in [1.82, 2.24) is 10.0 Å². The van der Waals surface area contributed by atoms with Crippen LogP contribution in [0, 0.1) is 0 Å². The van der Waals surface area contributed by atoms with Crippen LogP contribution in [-0.4, -0.2) is 32.2 Å². The van der Waals surface area contributed by atoms with Crippen LogP contribution in [0.1, 0.15) is 33.1 Å². The molecule has 0 spiro atoms. The van der Waals surface area contributed by atoms with E-state index in [0.717, 1.165) is 19.4 Å². The fraction of sp³-hybridized carbons (Fsp3) is 0.889. The quantitative estimate of drug-likeness (QED) is 0.717. The van der Waals surface area contributed by atoms with Crippen molar-refractivity contribution in [2.75, 3.05) is 6.54 Å². The fourth-order valence-electron chi connectivity index (χ4n) is 1.47. The van der Waals surface area contributed by atoms with Crippen molar-refractivity contribution < 1.29 is 13.2 Å². The highest BCUT2D eigenvalue weighted by Crippen LogP contribution is 2.08. The Morgan fingerprint density at radius 3 is 2.67 bits per heavy atom. The Bertz CT molecular complexity index is 318. The van der Waals surface area contributed by atoms with Gasteiger partial charge in [-0.3, -0.25) is 9.52 Å². The molecule has 1 rings (SSSR count). The van der Waals surface area contributed by atoms with E-state index in [0.29, 0.717) is 0 Å². The molecule has 2 N–H and O–H groups in total. The molecule has 1 fully saturated rings. The topological polar surface area (TPSA) is 75.3 Å². The van der Waals surface area contributed by atoms with Gasteiger partial charge in [-0.2, -0.15) is 0 Å². The molecular formula is C9H18N2O3S. The van der Waals surface area contributed by atoms with Crippen LogP contribution in [0.15, 0.2) is 0 Å². The fourth-order valence-corrected chi connectivity index (χ4v) is 2.11. The lowest BCUT2D eigenvalue weighted by Crippen LogP contribution is -2.38. The van der Waals surface area contributed by atoms with Crippen molar-refractivity contribution >= 4 is 15.9 Å². The van der Waals surface area contributed by atoms with Gasteiger partial charge in [-0.05, 0) is 33.2 Å². The first-order chi connectivity index (χ1) is 6.92. The lowest BCUT2D eigenvalue weighted by Gasteiger charge is -2.12. The number of rotatable bonds is 4. The predicted octanol–water partition coefficient (Wildman–Crippen LogP) is -0.0171. The Labute approximate surface area is 90.7 Å². The van der Waals surface area contributed by atoms with Gasteiger partial charge in [0, 0.05) is 12.5 Å². The van der Waals surface area contributed by atoms with Crippen molar-refractivity contribution in [3.8, 4) is 0 Å². The maximum atomic E-state index is 11.4. The van der Waals surface area contributed by atoms with Gasteiger partial charge in [0.2, 0.25) is 15.9 Å². The minimum Gasteiger partial charge on any atom is -0.313 e. The predicted molar refractivity (Wildman–Crippen MR) is 57.8 cm³/mol. The molecule has 0 bridgehead atoms. The van der Waals surface area contributed by atoms with Crippen molar-refractivity contribution in [2.24, 2.45) is 0 Å². The third-order valence-corrected chi connectivity index (χ3v) is 4.22. The molecule has 5 nitrogen and oxygen atoms in total. The highest BCUT2D eigenvalue weighted by Gasteiger charge is 2.22. The number of hydrogen-bond acceptors (Lipinski definition) is 4. The van der Waals surface area contributed by atoms with Crippen molar-refractivity contribution in [1.29, 1.82) is 0 Å². The second kappa shape index (κ2) is 4.94. The zero-order valence-corrected chi connectivity index (χ0v) is 9.93. The van der Waals surface area contributed by atoms with Gasteiger partial charge in [0.15, 0.2) is 0 Å². The summed E-state index contributed by atoms with van der Waals surface area (Å²) in [5.74, 6) is -0.414. The third kappa shape index (κ3) is 3.79. The zero-order valence-electron chi connectivity index (χ0n) is 9.12. The summed E-state index contributed by atoms with van der Waals surface area (Å²) >= 11 is 0. The van der Waals surface area contributed by atoms with E-state index in [1.165, 1.54) is 0 Å². The molecule has 0 aliphatic carbocycles. The Hall–Kier alpha value is -0.620. The second-order valence-corrected chi connectivity index (χ2v) is 6.35. The summed E-state index contributed by atoms with van der Waals surface area (Å²) < 4.78 is 24.8. The maximum Gasteiger partial charge on any atom is 0.237 e. The summed E-state index contributed by atoms with van der Waals surface area (Å²) in [6.07, 6.45) is 2.23. The number of sulfonamides is 1. The molecule has 0 aromatic rings. The molecule has 1 saturated heterocycles. The van der Waals surface area contributed by atoms with E-state index in [1.54, 1.807) is 13.8 Å².